The third-order valence-corrected chi connectivity index (χ3v) is 3.57. The van der Waals surface area contributed by atoms with E-state index in [0.29, 0.717) is 23.7 Å². The summed E-state index contributed by atoms with van der Waals surface area (Å²) in [5.74, 6) is 2.91. The average Bonchev–Trinajstić information content (AvgIpc) is 2.70. The molecule has 1 aliphatic heterocycles. The molecule has 2 heterocycles. The number of hydrogen-bond donors (Lipinski definition) is 0. The number of anilines is 1. The van der Waals surface area contributed by atoms with Gasteiger partial charge < -0.3 is 9.64 Å². The van der Waals surface area contributed by atoms with E-state index < -0.39 is 0 Å². The highest BCUT2D eigenvalue weighted by Gasteiger charge is 2.31. The molecule has 0 spiro atoms. The van der Waals surface area contributed by atoms with E-state index in [1.807, 2.05) is 18.2 Å². The molecule has 0 aliphatic carbocycles. The molecule has 0 radical (unpaired) electrons. The van der Waals surface area contributed by atoms with Crippen LogP contribution >= 0.6 is 11.6 Å². The molecule has 2 unspecified atom stereocenters. The van der Waals surface area contributed by atoms with E-state index >= 15 is 0 Å². The third-order valence-electron chi connectivity index (χ3n) is 3.25. The molecule has 1 saturated heterocycles. The van der Waals surface area contributed by atoms with Crippen LogP contribution in [0.3, 0.4) is 0 Å². The van der Waals surface area contributed by atoms with Gasteiger partial charge in [0.2, 0.25) is 5.88 Å². The molecule has 0 saturated carbocycles. The number of ether oxygens (including phenoxy) is 1. The van der Waals surface area contributed by atoms with E-state index in [4.69, 9.17) is 16.3 Å². The summed E-state index contributed by atoms with van der Waals surface area (Å²) in [5.41, 5.74) is 0. The molecule has 2 rings (SSSR count). The standard InChI is InChI=1S/C12H17ClN2O/c1-9-6-7-15(10(9)8-13)11-4-3-5-12(14-11)16-2/h3-5,9-10H,6-8H2,1-2H3. The lowest BCUT2D eigenvalue weighted by Crippen LogP contribution is -2.34. The number of nitrogens with zero attached hydrogens (tertiary/aromatic N) is 2. The van der Waals surface area contributed by atoms with Crippen LogP contribution in [0.15, 0.2) is 18.2 Å². The van der Waals surface area contributed by atoms with Gasteiger partial charge in [0, 0.05) is 24.5 Å². The predicted molar refractivity (Wildman–Crippen MR) is 66.4 cm³/mol. The summed E-state index contributed by atoms with van der Waals surface area (Å²) in [4.78, 5) is 6.73. The summed E-state index contributed by atoms with van der Waals surface area (Å²) in [6.45, 7) is 3.27. The zero-order valence-electron chi connectivity index (χ0n) is 9.69. The van der Waals surface area contributed by atoms with Crippen LogP contribution in [-0.2, 0) is 0 Å². The monoisotopic (exact) mass is 240 g/mol. The molecule has 0 amide bonds. The molecule has 2 atom stereocenters. The number of rotatable bonds is 3. The van der Waals surface area contributed by atoms with Crippen molar-refractivity contribution in [1.82, 2.24) is 4.98 Å². The van der Waals surface area contributed by atoms with Gasteiger partial charge in [0.15, 0.2) is 0 Å². The SMILES string of the molecule is COc1cccc(N2CCC(C)C2CCl)n1. The van der Waals surface area contributed by atoms with E-state index in [2.05, 4.69) is 16.8 Å². The highest BCUT2D eigenvalue weighted by molar-refractivity contribution is 6.18. The van der Waals surface area contributed by atoms with Crippen LogP contribution in [0.2, 0.25) is 0 Å². The highest BCUT2D eigenvalue weighted by Crippen LogP contribution is 2.29. The lowest BCUT2D eigenvalue weighted by molar-refractivity contribution is 0.397. The van der Waals surface area contributed by atoms with Gasteiger partial charge in [-0.05, 0) is 18.4 Å². The molecule has 0 N–H and O–H groups in total. The Balaban J connectivity index is 2.22. The van der Waals surface area contributed by atoms with Gasteiger partial charge in [-0.2, -0.15) is 4.98 Å². The predicted octanol–water partition coefficient (Wildman–Crippen LogP) is 2.54. The minimum atomic E-state index is 0.390. The van der Waals surface area contributed by atoms with Crippen LogP contribution in [0.25, 0.3) is 0 Å². The fraction of sp³-hybridized carbons (Fsp3) is 0.583. The fourth-order valence-electron chi connectivity index (χ4n) is 2.21. The van der Waals surface area contributed by atoms with Crippen molar-refractivity contribution in [1.29, 1.82) is 0 Å². The second kappa shape index (κ2) is 4.91. The molecular weight excluding hydrogens is 224 g/mol. The van der Waals surface area contributed by atoms with Crippen molar-refractivity contribution < 1.29 is 4.74 Å². The van der Waals surface area contributed by atoms with Gasteiger partial charge in [0.1, 0.15) is 5.82 Å². The summed E-state index contributed by atoms with van der Waals surface area (Å²) in [6, 6.07) is 6.23. The topological polar surface area (TPSA) is 25.4 Å². The maximum absolute atomic E-state index is 6.02. The molecular formula is C12H17ClN2O. The number of methoxy groups -OCH3 is 1. The van der Waals surface area contributed by atoms with Gasteiger partial charge in [0.25, 0.3) is 0 Å². The van der Waals surface area contributed by atoms with E-state index in [1.54, 1.807) is 7.11 Å². The van der Waals surface area contributed by atoms with Gasteiger partial charge in [-0.25, -0.2) is 0 Å². The van der Waals surface area contributed by atoms with Crippen LogP contribution in [0, 0.1) is 5.92 Å². The number of alkyl halides is 1. The first-order valence-corrected chi connectivity index (χ1v) is 6.13. The average molecular weight is 241 g/mol. The Labute approximate surface area is 101 Å². The molecule has 0 aromatic carbocycles. The van der Waals surface area contributed by atoms with Crippen molar-refractivity contribution in [3.8, 4) is 5.88 Å². The molecule has 0 bridgehead atoms. The summed E-state index contributed by atoms with van der Waals surface area (Å²) < 4.78 is 5.14. The fourth-order valence-corrected chi connectivity index (χ4v) is 2.68. The number of aromatic nitrogens is 1. The third kappa shape index (κ3) is 2.09. The second-order valence-electron chi connectivity index (χ2n) is 4.22. The van der Waals surface area contributed by atoms with Crippen molar-refractivity contribution in [2.24, 2.45) is 5.92 Å². The Morgan fingerprint density at radius 3 is 3.06 bits per heavy atom. The molecule has 3 nitrogen and oxygen atoms in total. The van der Waals surface area contributed by atoms with Crippen LogP contribution in [0.4, 0.5) is 5.82 Å². The van der Waals surface area contributed by atoms with Crippen molar-refractivity contribution in [3.63, 3.8) is 0 Å². The Hall–Kier alpha value is -0.960. The Kier molecular flexibility index (Phi) is 3.54. The van der Waals surface area contributed by atoms with Gasteiger partial charge in [-0.15, -0.1) is 11.6 Å². The first kappa shape index (κ1) is 11.5. The van der Waals surface area contributed by atoms with Crippen LogP contribution in [0.1, 0.15) is 13.3 Å². The van der Waals surface area contributed by atoms with E-state index in [-0.39, 0.29) is 0 Å². The second-order valence-corrected chi connectivity index (χ2v) is 4.53. The van der Waals surface area contributed by atoms with Gasteiger partial charge >= 0.3 is 0 Å². The summed E-state index contributed by atoms with van der Waals surface area (Å²) in [5, 5.41) is 0. The van der Waals surface area contributed by atoms with Crippen molar-refractivity contribution in [2.75, 3.05) is 24.4 Å². The van der Waals surface area contributed by atoms with Gasteiger partial charge in [-0.1, -0.05) is 13.0 Å². The molecule has 1 aromatic heterocycles. The molecule has 1 aromatic rings. The molecule has 1 fully saturated rings. The van der Waals surface area contributed by atoms with Crippen LogP contribution in [-0.4, -0.2) is 30.6 Å². The zero-order chi connectivity index (χ0) is 11.5. The number of hydrogen-bond acceptors (Lipinski definition) is 3. The van der Waals surface area contributed by atoms with Gasteiger partial charge in [0.05, 0.1) is 7.11 Å². The molecule has 88 valence electrons. The zero-order valence-corrected chi connectivity index (χ0v) is 10.4. The van der Waals surface area contributed by atoms with Crippen molar-refractivity contribution >= 4 is 17.4 Å². The van der Waals surface area contributed by atoms with Crippen molar-refractivity contribution in [2.45, 2.75) is 19.4 Å². The summed E-state index contributed by atoms with van der Waals surface area (Å²) in [6.07, 6.45) is 1.18. The van der Waals surface area contributed by atoms with E-state index in [9.17, 15) is 0 Å². The Morgan fingerprint density at radius 1 is 1.56 bits per heavy atom. The minimum Gasteiger partial charge on any atom is -0.481 e. The normalized spacial score (nSPS) is 24.8. The maximum Gasteiger partial charge on any atom is 0.214 e. The van der Waals surface area contributed by atoms with Crippen molar-refractivity contribution in [3.05, 3.63) is 18.2 Å². The maximum atomic E-state index is 6.02. The first-order valence-electron chi connectivity index (χ1n) is 5.60. The molecule has 4 heteroatoms. The van der Waals surface area contributed by atoms with Crippen LogP contribution < -0.4 is 9.64 Å². The quantitative estimate of drug-likeness (QED) is 0.760. The van der Waals surface area contributed by atoms with E-state index in [1.165, 1.54) is 6.42 Å². The highest BCUT2D eigenvalue weighted by atomic mass is 35.5. The lowest BCUT2D eigenvalue weighted by Gasteiger charge is -2.26. The first-order chi connectivity index (χ1) is 7.76. The Bertz CT molecular complexity index is 359. The minimum absolute atomic E-state index is 0.390. The smallest absolute Gasteiger partial charge is 0.214 e. The number of pyridine rings is 1. The largest absolute Gasteiger partial charge is 0.481 e. The number of halogens is 1. The van der Waals surface area contributed by atoms with Crippen LogP contribution in [0.5, 0.6) is 5.88 Å². The lowest BCUT2D eigenvalue weighted by atomic mass is 10.1. The Morgan fingerprint density at radius 2 is 2.38 bits per heavy atom. The summed E-state index contributed by atoms with van der Waals surface area (Å²) >= 11 is 6.02. The van der Waals surface area contributed by atoms with Gasteiger partial charge in [-0.3, -0.25) is 0 Å². The molecule has 16 heavy (non-hydrogen) atoms. The molecule has 1 aliphatic rings. The summed E-state index contributed by atoms with van der Waals surface area (Å²) in [7, 11) is 1.64. The van der Waals surface area contributed by atoms with E-state index in [0.717, 1.165) is 12.4 Å².